The molecule has 0 radical (unpaired) electrons. The van der Waals surface area contributed by atoms with Crippen LogP contribution in [0.5, 0.6) is 0 Å². The van der Waals surface area contributed by atoms with Gasteiger partial charge in [-0.05, 0) is 0 Å². The first-order chi connectivity index (χ1) is 22.9. The Labute approximate surface area is 319 Å². The molecule has 50 heavy (non-hydrogen) atoms. The Morgan fingerprint density at radius 3 is 1.14 bits per heavy atom. The van der Waals surface area contributed by atoms with Gasteiger partial charge in [0.05, 0.1) is 0 Å². The van der Waals surface area contributed by atoms with Crippen molar-refractivity contribution in [3.63, 3.8) is 0 Å². The number of rotatable bonds is 10. The van der Waals surface area contributed by atoms with E-state index in [1.807, 2.05) is 0 Å². The molecule has 0 fully saturated rings. The Hall–Kier alpha value is -1.96. The van der Waals surface area contributed by atoms with Crippen LogP contribution in [0.2, 0.25) is 0 Å². The summed E-state index contributed by atoms with van der Waals surface area (Å²) in [5, 5.41) is 0. The molecule has 0 bridgehead atoms. The van der Waals surface area contributed by atoms with Gasteiger partial charge in [0.2, 0.25) is 0 Å². The van der Waals surface area contributed by atoms with Gasteiger partial charge in [0, 0.05) is 0 Å². The van der Waals surface area contributed by atoms with E-state index in [1.165, 1.54) is 33.4 Å². The van der Waals surface area contributed by atoms with Gasteiger partial charge in [-0.15, -0.1) is 24.8 Å². The molecule has 4 aromatic carbocycles. The molecule has 2 atom stereocenters. The molecule has 0 aliphatic heterocycles. The van der Waals surface area contributed by atoms with Crippen LogP contribution < -0.4 is 6.54 Å². The van der Waals surface area contributed by atoms with E-state index < -0.39 is 17.4 Å². The summed E-state index contributed by atoms with van der Waals surface area (Å²) in [6.07, 6.45) is 7.48. The normalized spacial score (nSPS) is 17.0. The predicted octanol–water partition coefficient (Wildman–Crippen LogP) is 12.3. The molecule has 0 N–H and O–H groups in total. The Balaban J connectivity index is 0.00000281. The molecule has 2 aliphatic carbocycles. The maximum atomic E-state index is 2.67. The van der Waals surface area contributed by atoms with Gasteiger partial charge in [0.25, 0.3) is 0 Å². The van der Waals surface area contributed by atoms with Gasteiger partial charge in [-0.2, -0.15) is 0 Å². The summed E-state index contributed by atoms with van der Waals surface area (Å²) in [4.78, 5) is 0. The molecule has 0 amide bonds. The zero-order valence-electron chi connectivity index (χ0n) is 32.1. The zero-order valence-corrected chi connectivity index (χ0v) is 37.6. The molecule has 0 heterocycles. The van der Waals surface area contributed by atoms with Gasteiger partial charge in [-0.1, -0.05) is 0 Å². The number of benzene rings is 4. The number of halogens is 2. The maximum absolute atomic E-state index is 4.68. The van der Waals surface area contributed by atoms with Crippen LogP contribution in [0.3, 0.4) is 0 Å². The van der Waals surface area contributed by atoms with E-state index in [0.29, 0.717) is 30.9 Å². The molecule has 0 aromatic heterocycles. The second-order valence-electron chi connectivity index (χ2n) is 16.2. The molecular formula is C46H60Cl2SiZr. The second-order valence-corrected chi connectivity index (χ2v) is 38.9. The van der Waals surface area contributed by atoms with E-state index in [-0.39, 0.29) is 24.8 Å². The van der Waals surface area contributed by atoms with Gasteiger partial charge in [0.1, 0.15) is 0 Å². The zero-order chi connectivity index (χ0) is 34.6. The average molecular weight is 803 g/mol. The van der Waals surface area contributed by atoms with Crippen LogP contribution in [-0.2, 0) is 17.4 Å². The fraction of sp³-hybridized carbons (Fsp3) is 0.391. The van der Waals surface area contributed by atoms with Crippen LogP contribution in [0, 0.1) is 0 Å². The van der Waals surface area contributed by atoms with Gasteiger partial charge < -0.3 is 0 Å². The van der Waals surface area contributed by atoms with Gasteiger partial charge in [-0.25, -0.2) is 0 Å². The quantitative estimate of drug-likeness (QED) is 0.140. The summed E-state index contributed by atoms with van der Waals surface area (Å²) in [7, 11) is 0. The summed E-state index contributed by atoms with van der Waals surface area (Å²) in [5.41, 5.74) is 15.6. The third-order valence-corrected chi connectivity index (χ3v) is 40.0. The summed E-state index contributed by atoms with van der Waals surface area (Å²) in [6.45, 7) is 26.5. The van der Waals surface area contributed by atoms with Gasteiger partial charge in [0.15, 0.2) is 0 Å². The van der Waals surface area contributed by atoms with Crippen LogP contribution in [0.4, 0.5) is 0 Å². The molecule has 0 saturated heterocycles. The van der Waals surface area contributed by atoms with E-state index in [4.69, 9.17) is 0 Å². The van der Waals surface area contributed by atoms with E-state index in [0.717, 1.165) is 12.8 Å². The monoisotopic (exact) mass is 800 g/mol. The smallest absolute Gasteiger partial charge is 0.147 e. The van der Waals surface area contributed by atoms with Crippen molar-refractivity contribution < 1.29 is 17.4 Å². The minimum Gasteiger partial charge on any atom is -0.147 e. The van der Waals surface area contributed by atoms with Crippen molar-refractivity contribution in [1.82, 2.24) is 0 Å². The summed E-state index contributed by atoms with van der Waals surface area (Å²) in [5.74, 6) is 1.90. The second kappa shape index (κ2) is 15.6. The minimum absolute atomic E-state index is 0. The first-order valence-electron chi connectivity index (χ1n) is 18.8. The van der Waals surface area contributed by atoms with Crippen molar-refractivity contribution in [2.75, 3.05) is 0 Å². The molecule has 2 unspecified atom stereocenters. The summed E-state index contributed by atoms with van der Waals surface area (Å²) >= 11 is -4.68. The molecule has 0 spiro atoms. The van der Waals surface area contributed by atoms with Gasteiger partial charge in [-0.3, -0.25) is 0 Å². The van der Waals surface area contributed by atoms with Crippen molar-refractivity contribution in [2.45, 2.75) is 113 Å². The topological polar surface area (TPSA) is 0 Å². The Kier molecular flexibility index (Phi) is 12.7. The summed E-state index contributed by atoms with van der Waals surface area (Å²) in [6, 6.07) is 34.4. The van der Waals surface area contributed by atoms with E-state index in [1.54, 1.807) is 28.8 Å². The van der Waals surface area contributed by atoms with Crippen LogP contribution >= 0.6 is 24.8 Å². The molecule has 4 heteroatoms. The first kappa shape index (κ1) is 40.8. The van der Waals surface area contributed by atoms with Crippen LogP contribution in [-0.4, -0.2) is 6.88 Å². The van der Waals surface area contributed by atoms with E-state index in [9.17, 15) is 0 Å². The van der Waals surface area contributed by atoms with Crippen molar-refractivity contribution in [3.05, 3.63) is 141 Å². The van der Waals surface area contributed by atoms with Crippen molar-refractivity contribution in [3.8, 4) is 0 Å². The van der Waals surface area contributed by atoms with Crippen LogP contribution in [0.25, 0.3) is 12.2 Å². The summed E-state index contributed by atoms with van der Waals surface area (Å²) < 4.78 is 4.00. The molecule has 266 valence electrons. The van der Waals surface area contributed by atoms with Crippen LogP contribution in [0.15, 0.2) is 96.1 Å². The molecule has 0 nitrogen and oxygen atoms in total. The molecule has 2 aliphatic rings. The van der Waals surface area contributed by atoms with E-state index in [2.05, 4.69) is 173 Å². The fourth-order valence-electron chi connectivity index (χ4n) is 9.65. The van der Waals surface area contributed by atoms with Crippen molar-refractivity contribution in [2.24, 2.45) is 0 Å². The largest absolute Gasteiger partial charge is 0.147 e. The standard InChI is InChI=1S/2C17H23.2C6H5.2ClH.H2Si.Zr/c2*1-6-13-7-15-9-14(11(2)3)10-16(12(4)5)17(15)8-13;2*1-2-4-6-5-3-1;;;;/h2*7-12H,6H2,1-5H3;2*1-5H;2*1H;1H2;. The Morgan fingerprint density at radius 2 is 0.860 bits per heavy atom. The third-order valence-electron chi connectivity index (χ3n) is 12.2. The van der Waals surface area contributed by atoms with Crippen molar-refractivity contribution >= 4 is 50.4 Å². The first-order valence-corrected chi connectivity index (χ1v) is 30.0. The van der Waals surface area contributed by atoms with Crippen molar-refractivity contribution in [1.29, 1.82) is 0 Å². The van der Waals surface area contributed by atoms with Gasteiger partial charge >= 0.3 is 297 Å². The maximum Gasteiger partial charge on any atom is -0.147 e. The number of fused-ring (bicyclic) bond motifs is 2. The number of allylic oxidation sites excluding steroid dienone is 2. The Bertz CT molecular complexity index is 1820. The minimum atomic E-state index is -4.68. The number of hydrogen-bond acceptors (Lipinski definition) is 0. The fourth-order valence-corrected chi connectivity index (χ4v) is 38.1. The average Bonchev–Trinajstić information content (AvgIpc) is 3.67. The Morgan fingerprint density at radius 1 is 0.520 bits per heavy atom. The molecule has 6 rings (SSSR count). The SMILES string of the molecule is CCC1=Cc2c(C(C)C)cc(C(C)C)cc2[CH]1[Zr](=[SiH2])([c]1ccccc1)([c]1ccccc1)[CH]1C(CC)=Cc2c(C(C)C)cc(C(C)C)cc21.Cl.Cl. The van der Waals surface area contributed by atoms with Crippen LogP contribution in [0.1, 0.15) is 158 Å². The number of hydrogen-bond donors (Lipinski definition) is 0. The molecule has 0 saturated carbocycles. The predicted molar refractivity (Wildman–Crippen MR) is 226 cm³/mol. The van der Waals surface area contributed by atoms with E-state index >= 15 is 0 Å². The molecule has 4 aromatic rings. The molecular weight excluding hydrogens is 743 g/mol. The third kappa shape index (κ3) is 6.27.